The number of aromatic amines is 2. The van der Waals surface area contributed by atoms with E-state index in [0.717, 1.165) is 45.8 Å². The van der Waals surface area contributed by atoms with E-state index in [0.29, 0.717) is 13.2 Å². The van der Waals surface area contributed by atoms with Crippen LogP contribution in [0.1, 0.15) is 57.2 Å². The minimum Gasteiger partial charge on any atom is -0.543 e. The van der Waals surface area contributed by atoms with Gasteiger partial charge in [0, 0.05) is 34.4 Å². The number of hydrogen-bond acceptors (Lipinski definition) is 10. The first-order valence-corrected chi connectivity index (χ1v) is 19.6. The SMILES string of the molecule is Cc1[nH]cnc1CSCCOC(c1ccccc1)c1ccccc1.Cc1[nH]cnc1CSCCOC(c1ccccc1)c1ccccc1.O=C([O-])C(=O)[O-]. The topological polar surface area (TPSA) is 156 Å². The van der Waals surface area contributed by atoms with E-state index in [9.17, 15) is 0 Å². The van der Waals surface area contributed by atoms with Crippen LogP contribution in [0.2, 0.25) is 0 Å². The molecule has 0 radical (unpaired) electrons. The highest BCUT2D eigenvalue weighted by Gasteiger charge is 2.15. The van der Waals surface area contributed by atoms with Crippen molar-refractivity contribution in [2.24, 2.45) is 0 Å². The zero-order valence-corrected chi connectivity index (χ0v) is 31.9. The predicted octanol–water partition coefficient (Wildman–Crippen LogP) is 6.00. The minimum atomic E-state index is -2.19. The van der Waals surface area contributed by atoms with E-state index in [1.54, 1.807) is 12.7 Å². The first-order chi connectivity index (χ1) is 26.3. The number of carbonyl (C=O) groups is 2. The van der Waals surface area contributed by atoms with Crippen molar-refractivity contribution in [1.82, 2.24) is 19.9 Å². The maximum Gasteiger partial charge on any atom is 0.108 e. The van der Waals surface area contributed by atoms with Gasteiger partial charge in [0.15, 0.2) is 0 Å². The molecule has 0 aliphatic carbocycles. The number of imidazole rings is 2. The van der Waals surface area contributed by atoms with Gasteiger partial charge in [-0.2, -0.15) is 23.5 Å². The fourth-order valence-corrected chi connectivity index (χ4v) is 6.82. The number of hydrogen-bond donors (Lipinski definition) is 2. The standard InChI is InChI=1S/2C20H22N2OS.C2H2O4/c2*1-16-19(22-15-21-16)14-24-13-12-23-20(17-8-4-2-5-9-17)18-10-6-3-7-11-18;3-1(4)2(5)6/h2*2-11,15,20H,12-14H2,1H3,(H,21,22);(H,3,4)(H,5,6)/p-2. The molecular weight excluding hydrogens is 721 g/mol. The van der Waals surface area contributed by atoms with Gasteiger partial charge in [-0.15, -0.1) is 0 Å². The number of H-pyrrole nitrogens is 2. The molecular formula is C42H44N4O6S2-2. The fraction of sp³-hybridized carbons (Fsp3) is 0.238. The second-order valence-corrected chi connectivity index (χ2v) is 14.0. The zero-order chi connectivity index (χ0) is 38.4. The van der Waals surface area contributed by atoms with Crippen molar-refractivity contribution >= 4 is 35.5 Å². The summed E-state index contributed by atoms with van der Waals surface area (Å²) in [5.41, 5.74) is 9.32. The number of aromatic nitrogens is 4. The number of carboxylic acid groups (broad SMARTS) is 2. The summed E-state index contributed by atoms with van der Waals surface area (Å²) in [6.07, 6.45) is 3.48. The first kappa shape index (κ1) is 41.6. The maximum absolute atomic E-state index is 8.93. The Morgan fingerprint density at radius 3 is 1.09 bits per heavy atom. The Morgan fingerprint density at radius 1 is 0.556 bits per heavy atom. The molecule has 0 spiro atoms. The summed E-state index contributed by atoms with van der Waals surface area (Å²) in [5, 5.41) is 17.9. The predicted molar refractivity (Wildman–Crippen MR) is 210 cm³/mol. The van der Waals surface area contributed by atoms with Gasteiger partial charge in [-0.3, -0.25) is 0 Å². The van der Waals surface area contributed by atoms with Crippen LogP contribution in [0, 0.1) is 13.8 Å². The molecule has 4 aromatic carbocycles. The molecule has 54 heavy (non-hydrogen) atoms. The molecule has 6 aromatic rings. The number of thioether (sulfide) groups is 2. The van der Waals surface area contributed by atoms with Crippen LogP contribution in [0.15, 0.2) is 134 Å². The number of carbonyl (C=O) groups excluding carboxylic acids is 2. The second-order valence-electron chi connectivity index (χ2n) is 11.8. The zero-order valence-electron chi connectivity index (χ0n) is 30.3. The van der Waals surface area contributed by atoms with E-state index in [1.165, 1.54) is 22.3 Å². The van der Waals surface area contributed by atoms with Crippen molar-refractivity contribution in [2.75, 3.05) is 24.7 Å². The van der Waals surface area contributed by atoms with Crippen molar-refractivity contribution in [2.45, 2.75) is 37.6 Å². The van der Waals surface area contributed by atoms with Crippen molar-refractivity contribution in [3.05, 3.63) is 179 Å². The lowest BCUT2D eigenvalue weighted by molar-refractivity contribution is -0.345. The summed E-state index contributed by atoms with van der Waals surface area (Å²) in [5.74, 6) is -0.643. The average Bonchev–Trinajstić information content (AvgIpc) is 3.82. The Hall–Kier alpha value is -5.14. The Labute approximate surface area is 324 Å². The molecule has 2 heterocycles. The molecule has 2 N–H and O–H groups in total. The molecule has 0 unspecified atom stereocenters. The molecule has 6 rings (SSSR count). The lowest BCUT2D eigenvalue weighted by atomic mass is 10.0. The Kier molecular flexibility index (Phi) is 18.1. The van der Waals surface area contributed by atoms with Crippen molar-refractivity contribution in [3.63, 3.8) is 0 Å². The normalized spacial score (nSPS) is 10.7. The van der Waals surface area contributed by atoms with Crippen LogP contribution >= 0.6 is 23.5 Å². The van der Waals surface area contributed by atoms with Gasteiger partial charge in [-0.25, -0.2) is 9.97 Å². The van der Waals surface area contributed by atoms with Crippen molar-refractivity contribution < 1.29 is 29.3 Å². The van der Waals surface area contributed by atoms with Crippen molar-refractivity contribution in [1.29, 1.82) is 0 Å². The van der Waals surface area contributed by atoms with Crippen LogP contribution in [0.4, 0.5) is 0 Å². The largest absolute Gasteiger partial charge is 0.543 e. The van der Waals surface area contributed by atoms with E-state index < -0.39 is 11.9 Å². The number of benzene rings is 4. The van der Waals surface area contributed by atoms with E-state index in [1.807, 2.05) is 47.8 Å². The highest BCUT2D eigenvalue weighted by molar-refractivity contribution is 7.98. The molecule has 0 atom stereocenters. The van der Waals surface area contributed by atoms with Crippen LogP contribution in [0.5, 0.6) is 0 Å². The first-order valence-electron chi connectivity index (χ1n) is 17.3. The molecule has 12 heteroatoms. The van der Waals surface area contributed by atoms with Crippen LogP contribution in [-0.2, 0) is 30.6 Å². The van der Waals surface area contributed by atoms with Crippen LogP contribution in [0.3, 0.4) is 0 Å². The van der Waals surface area contributed by atoms with E-state index in [4.69, 9.17) is 29.3 Å². The summed E-state index contributed by atoms with van der Waals surface area (Å²) in [4.78, 5) is 32.7. The fourth-order valence-electron chi connectivity index (χ4n) is 5.13. The van der Waals surface area contributed by atoms with Crippen molar-refractivity contribution in [3.8, 4) is 0 Å². The molecule has 10 nitrogen and oxygen atoms in total. The Balaban J connectivity index is 0.000000209. The van der Waals surface area contributed by atoms with Gasteiger partial charge in [0.1, 0.15) is 12.2 Å². The third-order valence-corrected chi connectivity index (χ3v) is 9.81. The molecule has 282 valence electrons. The monoisotopic (exact) mass is 764 g/mol. The quantitative estimate of drug-likeness (QED) is 0.0886. The Bertz CT molecular complexity index is 1710. The number of nitrogens with one attached hydrogen (secondary N) is 2. The molecule has 0 bridgehead atoms. The third kappa shape index (κ3) is 14.4. The molecule has 0 fully saturated rings. The maximum atomic E-state index is 8.93. The number of aliphatic carboxylic acids is 2. The van der Waals surface area contributed by atoms with Crippen LogP contribution in [-0.4, -0.2) is 56.6 Å². The summed E-state index contributed by atoms with van der Waals surface area (Å²) >= 11 is 3.70. The highest BCUT2D eigenvalue weighted by atomic mass is 32.2. The Morgan fingerprint density at radius 2 is 0.852 bits per heavy atom. The number of carboxylic acids is 2. The van der Waals surface area contributed by atoms with Gasteiger partial charge in [0.25, 0.3) is 0 Å². The summed E-state index contributed by atoms with van der Waals surface area (Å²) in [7, 11) is 0. The van der Waals surface area contributed by atoms with Gasteiger partial charge in [-0.05, 0) is 36.1 Å². The number of ether oxygens (including phenoxy) is 2. The van der Waals surface area contributed by atoms with E-state index in [-0.39, 0.29) is 12.2 Å². The lowest BCUT2D eigenvalue weighted by Crippen LogP contribution is -2.42. The molecule has 0 saturated carbocycles. The molecule has 0 saturated heterocycles. The van der Waals surface area contributed by atoms with Gasteiger partial charge in [0.05, 0.1) is 49.2 Å². The summed E-state index contributed by atoms with van der Waals surface area (Å²) in [6.45, 7) is 5.53. The van der Waals surface area contributed by atoms with E-state index >= 15 is 0 Å². The van der Waals surface area contributed by atoms with E-state index in [2.05, 4.69) is 131 Å². The molecule has 0 amide bonds. The summed E-state index contributed by atoms with van der Waals surface area (Å²) < 4.78 is 12.4. The van der Waals surface area contributed by atoms with Gasteiger partial charge >= 0.3 is 0 Å². The molecule has 0 aliphatic heterocycles. The molecule has 2 aromatic heterocycles. The van der Waals surface area contributed by atoms with Gasteiger partial charge < -0.3 is 39.2 Å². The minimum absolute atomic E-state index is 0.0138. The number of nitrogens with zero attached hydrogens (tertiary/aromatic N) is 2. The lowest BCUT2D eigenvalue weighted by Gasteiger charge is -2.19. The van der Waals surface area contributed by atoms with Crippen LogP contribution in [0.25, 0.3) is 0 Å². The van der Waals surface area contributed by atoms with Gasteiger partial charge in [0.2, 0.25) is 0 Å². The highest BCUT2D eigenvalue weighted by Crippen LogP contribution is 2.27. The summed E-state index contributed by atoms with van der Waals surface area (Å²) in [6, 6.07) is 41.6. The number of aryl methyl sites for hydroxylation is 2. The molecule has 0 aliphatic rings. The third-order valence-electron chi connectivity index (χ3n) is 7.95. The number of rotatable bonds is 16. The van der Waals surface area contributed by atoms with Gasteiger partial charge in [-0.1, -0.05) is 121 Å². The average molecular weight is 765 g/mol. The van der Waals surface area contributed by atoms with Crippen LogP contribution < -0.4 is 10.2 Å². The second kappa shape index (κ2) is 23.5. The smallest absolute Gasteiger partial charge is 0.108 e.